The topological polar surface area (TPSA) is 67.4 Å². The van der Waals surface area contributed by atoms with Crippen LogP contribution in [0.25, 0.3) is 0 Å². The summed E-state index contributed by atoms with van der Waals surface area (Å²) in [6.07, 6.45) is 17.1. The summed E-state index contributed by atoms with van der Waals surface area (Å²) in [6.45, 7) is 9.28. The van der Waals surface area contributed by atoms with Crippen LogP contribution in [0.1, 0.15) is 130 Å². The molecule has 0 radical (unpaired) electrons. The third-order valence-corrected chi connectivity index (χ3v) is 7.81. The van der Waals surface area contributed by atoms with Gasteiger partial charge in [0, 0.05) is 0 Å². The van der Waals surface area contributed by atoms with Gasteiger partial charge in [-0.3, -0.25) is 0 Å². The maximum absolute atomic E-state index is 12.8. The zero-order chi connectivity index (χ0) is 22.5. The average Bonchev–Trinajstić information content (AvgIpc) is 2.73. The van der Waals surface area contributed by atoms with Gasteiger partial charge in [-0.05, 0) is 0 Å². The predicted octanol–water partition coefficient (Wildman–Crippen LogP) is 0.544. The van der Waals surface area contributed by atoms with E-state index in [1.54, 1.807) is 0 Å². The van der Waals surface area contributed by atoms with Crippen LogP contribution < -0.4 is 32.4 Å². The number of halogens is 2. The van der Waals surface area contributed by atoms with Crippen LogP contribution in [0, 0.1) is 5.92 Å². The molecule has 1 unspecified atom stereocenters. The zero-order valence-corrected chi connectivity index (χ0v) is 24.2. The largest absolute Gasteiger partial charge is 1.00 e. The van der Waals surface area contributed by atoms with Crippen molar-refractivity contribution in [2.75, 3.05) is 6.61 Å². The molecule has 0 heterocycles. The van der Waals surface area contributed by atoms with E-state index < -0.39 is 18.8 Å². The van der Waals surface area contributed by atoms with Crippen LogP contribution >= 0.6 is 0 Å². The maximum Gasteiger partial charge on any atom is -1.00 e. The van der Waals surface area contributed by atoms with Crippen LogP contribution in [0.4, 0.5) is 0 Å². The molecule has 0 fully saturated rings. The van der Waals surface area contributed by atoms with Crippen molar-refractivity contribution in [3.8, 4) is 0 Å². The van der Waals surface area contributed by atoms with Gasteiger partial charge in [0.25, 0.3) is 0 Å². The maximum atomic E-state index is 12.8. The first-order valence-corrected chi connectivity index (χ1v) is 14.9. The van der Waals surface area contributed by atoms with Gasteiger partial charge in [-0.1, -0.05) is 0 Å². The van der Waals surface area contributed by atoms with E-state index in [4.69, 9.17) is 3.32 Å². The van der Waals surface area contributed by atoms with Crippen molar-refractivity contribution in [1.29, 1.82) is 0 Å². The molecule has 0 saturated carbocycles. The van der Waals surface area contributed by atoms with Crippen molar-refractivity contribution in [2.45, 2.75) is 130 Å². The second-order valence-electron chi connectivity index (χ2n) is 8.39. The van der Waals surface area contributed by atoms with Gasteiger partial charge in [0.15, 0.2) is 0 Å². The normalized spacial score (nSPS) is 11.1. The minimum atomic E-state index is -2.60. The summed E-state index contributed by atoms with van der Waals surface area (Å²) in [5.74, 6) is 0.131. The number of amides is 2. The quantitative estimate of drug-likeness (QED) is 0.168. The molecule has 0 spiro atoms. The van der Waals surface area contributed by atoms with Crippen LogP contribution in [-0.4, -0.2) is 18.4 Å². The molecule has 8 heteroatoms. The standard InChI is InChI=1S/C10H21NO.C8H17NO.C6H13O.2ClH.Ti/c1-3-5-6-7-8-9(4-2)10(11)12;1-2-3-4-5-6-7-8(9)10;1-2-3-4-5-6-7;;;/h9H,3-8H2,1-2H3,(H2,11,12);2-7H2,1H3,(H2,9,10);2-6H2,1H3;2*1H;/q;;-1;;;+5/p-4. The molecule has 5 nitrogen and oxygen atoms in total. The van der Waals surface area contributed by atoms with Crippen LogP contribution in [0.15, 0.2) is 0 Å². The SMILES string of the molecule is CCCCCCCC(=O)[NH][Ti+2]([NH]C(=O)C(CC)CCCCCC)[O]CCCCCC.[Cl-].[Cl-]. The first-order chi connectivity index (χ1) is 14.6. The monoisotopic (exact) mass is 531 g/mol. The molecule has 0 aromatic heterocycles. The summed E-state index contributed by atoms with van der Waals surface area (Å²) in [7, 11) is 0. The molecular weight excluding hydrogens is 483 g/mol. The van der Waals surface area contributed by atoms with E-state index in [9.17, 15) is 9.59 Å². The Hall–Kier alpha value is 0.194. The smallest absolute Gasteiger partial charge is 1.00 e. The second-order valence-corrected chi connectivity index (χ2v) is 10.7. The van der Waals surface area contributed by atoms with Crippen molar-refractivity contribution in [3.63, 3.8) is 0 Å². The van der Waals surface area contributed by atoms with E-state index in [0.29, 0.717) is 13.0 Å². The first-order valence-electron chi connectivity index (χ1n) is 12.7. The van der Waals surface area contributed by atoms with E-state index in [2.05, 4.69) is 35.3 Å². The van der Waals surface area contributed by atoms with Gasteiger partial charge >= 0.3 is 194 Å². The number of hydrogen-bond acceptors (Lipinski definition) is 3. The van der Waals surface area contributed by atoms with E-state index in [0.717, 1.165) is 44.9 Å². The molecule has 32 heavy (non-hydrogen) atoms. The minimum Gasteiger partial charge on any atom is -1.00 e. The fourth-order valence-corrected chi connectivity index (χ4v) is 5.56. The van der Waals surface area contributed by atoms with Gasteiger partial charge in [-0.15, -0.1) is 0 Å². The van der Waals surface area contributed by atoms with Crippen molar-refractivity contribution in [1.82, 2.24) is 7.60 Å². The fraction of sp³-hybridized carbons (Fsp3) is 0.917. The molecule has 1 atom stereocenters. The molecular formula is C24H49Cl2N2O3Ti. The number of carbonyl (C=O) groups excluding carboxylic acids is 2. The number of rotatable bonds is 21. The van der Waals surface area contributed by atoms with Gasteiger partial charge in [0.1, 0.15) is 0 Å². The summed E-state index contributed by atoms with van der Waals surface area (Å²) < 4.78 is 12.2. The fourth-order valence-electron chi connectivity index (χ4n) is 3.44. The van der Waals surface area contributed by atoms with Crippen LogP contribution in [0.2, 0.25) is 0 Å². The van der Waals surface area contributed by atoms with Gasteiger partial charge in [-0.2, -0.15) is 0 Å². The number of nitrogens with one attached hydrogen (secondary N) is 2. The Morgan fingerprint density at radius 1 is 0.719 bits per heavy atom. The average molecular weight is 532 g/mol. The molecule has 2 N–H and O–H groups in total. The van der Waals surface area contributed by atoms with Gasteiger partial charge in [0.05, 0.1) is 0 Å². The van der Waals surface area contributed by atoms with Crippen molar-refractivity contribution < 1.29 is 56.5 Å². The van der Waals surface area contributed by atoms with Gasteiger partial charge in [-0.25, -0.2) is 0 Å². The molecule has 0 aliphatic rings. The molecule has 0 saturated heterocycles. The minimum absolute atomic E-state index is 0. The summed E-state index contributed by atoms with van der Waals surface area (Å²) in [5.41, 5.74) is 0. The Kier molecular flexibility index (Phi) is 31.5. The Labute approximate surface area is 218 Å². The van der Waals surface area contributed by atoms with Crippen LogP contribution in [-0.2, 0) is 31.7 Å². The third-order valence-electron chi connectivity index (χ3n) is 5.51. The molecule has 0 aromatic carbocycles. The van der Waals surface area contributed by atoms with E-state index in [1.165, 1.54) is 51.4 Å². The molecule has 191 valence electrons. The van der Waals surface area contributed by atoms with E-state index in [-0.39, 0.29) is 42.5 Å². The predicted molar refractivity (Wildman–Crippen MR) is 122 cm³/mol. The number of carbonyl (C=O) groups is 2. The molecule has 0 rings (SSSR count). The number of hydrogen-bond donors (Lipinski definition) is 2. The molecule has 0 aromatic rings. The van der Waals surface area contributed by atoms with Gasteiger partial charge in [0.2, 0.25) is 0 Å². The second kappa shape index (κ2) is 27.4. The summed E-state index contributed by atoms with van der Waals surface area (Å²) in [5, 5.41) is 0. The Morgan fingerprint density at radius 3 is 1.81 bits per heavy atom. The summed E-state index contributed by atoms with van der Waals surface area (Å²) in [6, 6.07) is 0. The molecule has 0 bridgehead atoms. The molecule has 0 aliphatic heterocycles. The van der Waals surface area contributed by atoms with Gasteiger partial charge < -0.3 is 24.8 Å². The van der Waals surface area contributed by atoms with Crippen molar-refractivity contribution >= 4 is 11.8 Å². The van der Waals surface area contributed by atoms with E-state index >= 15 is 0 Å². The van der Waals surface area contributed by atoms with E-state index in [1.807, 2.05) is 0 Å². The van der Waals surface area contributed by atoms with Crippen LogP contribution in [0.3, 0.4) is 0 Å². The summed E-state index contributed by atoms with van der Waals surface area (Å²) >= 11 is -2.60. The van der Waals surface area contributed by atoms with Crippen molar-refractivity contribution in [2.24, 2.45) is 5.92 Å². The Bertz CT molecular complexity index is 432. The Balaban J connectivity index is -0.00000420. The molecule has 2 amide bonds. The Morgan fingerprint density at radius 2 is 1.25 bits per heavy atom. The molecule has 0 aliphatic carbocycles. The van der Waals surface area contributed by atoms with Crippen molar-refractivity contribution in [3.05, 3.63) is 0 Å². The summed E-state index contributed by atoms with van der Waals surface area (Å²) in [4.78, 5) is 25.2. The number of unbranched alkanes of at least 4 members (excludes halogenated alkanes) is 10. The zero-order valence-electron chi connectivity index (χ0n) is 21.1. The third kappa shape index (κ3) is 22.0. The first kappa shape index (κ1) is 36.8. The van der Waals surface area contributed by atoms with Crippen LogP contribution in [0.5, 0.6) is 0 Å².